The summed E-state index contributed by atoms with van der Waals surface area (Å²) in [6.45, 7) is 0.192. The van der Waals surface area contributed by atoms with E-state index in [1.54, 1.807) is 12.4 Å². The number of ether oxygens (including phenoxy) is 1. The minimum atomic E-state index is -0.707. The van der Waals surface area contributed by atoms with Crippen molar-refractivity contribution in [3.8, 4) is 5.75 Å². The first-order chi connectivity index (χ1) is 7.86. The van der Waals surface area contributed by atoms with Crippen LogP contribution in [0.1, 0.15) is 11.7 Å². The first-order valence-electron chi connectivity index (χ1n) is 4.97. The van der Waals surface area contributed by atoms with Crippen LogP contribution in [0.2, 0.25) is 0 Å². The fraction of sp³-hybridized carbons (Fsp3) is 0.167. The van der Waals surface area contributed by atoms with Crippen molar-refractivity contribution in [2.24, 2.45) is 0 Å². The molecule has 0 aliphatic carbocycles. The monoisotopic (exact) mass is 216 g/mol. The van der Waals surface area contributed by atoms with E-state index in [-0.39, 0.29) is 6.61 Å². The Hall–Kier alpha value is -1.94. The van der Waals surface area contributed by atoms with E-state index in [1.165, 1.54) is 6.33 Å². The summed E-state index contributed by atoms with van der Waals surface area (Å²) in [7, 11) is 0. The summed E-state index contributed by atoms with van der Waals surface area (Å²) in [6, 6.07) is 9.36. The van der Waals surface area contributed by atoms with Crippen LogP contribution in [0.15, 0.2) is 49.1 Å². The molecule has 1 aromatic heterocycles. The maximum Gasteiger partial charge on any atom is 0.119 e. The van der Waals surface area contributed by atoms with Crippen LogP contribution in [0.3, 0.4) is 0 Å². The molecule has 4 heteroatoms. The molecule has 0 aliphatic rings. The zero-order valence-corrected chi connectivity index (χ0v) is 8.65. The van der Waals surface area contributed by atoms with Crippen molar-refractivity contribution in [1.29, 1.82) is 0 Å². The number of aromatic nitrogens is 2. The van der Waals surface area contributed by atoms with Gasteiger partial charge in [-0.2, -0.15) is 0 Å². The highest BCUT2D eigenvalue weighted by molar-refractivity contribution is 5.21. The SMILES string of the molecule is OC(COc1ccccc1)c1cncnc1. The average molecular weight is 216 g/mol. The molecule has 1 unspecified atom stereocenters. The Morgan fingerprint density at radius 1 is 1.12 bits per heavy atom. The normalized spacial score (nSPS) is 12.1. The topological polar surface area (TPSA) is 55.2 Å². The molecule has 2 aromatic rings. The van der Waals surface area contributed by atoms with E-state index in [0.29, 0.717) is 5.56 Å². The fourth-order valence-electron chi connectivity index (χ4n) is 1.27. The lowest BCUT2D eigenvalue weighted by Gasteiger charge is -2.11. The van der Waals surface area contributed by atoms with Gasteiger partial charge in [-0.3, -0.25) is 0 Å². The Bertz CT molecular complexity index is 420. The molecule has 1 N–H and O–H groups in total. The molecule has 1 aromatic carbocycles. The number of benzene rings is 1. The van der Waals surface area contributed by atoms with Crippen LogP contribution < -0.4 is 4.74 Å². The molecule has 0 fully saturated rings. The number of hydrogen-bond donors (Lipinski definition) is 1. The zero-order chi connectivity index (χ0) is 11.2. The van der Waals surface area contributed by atoms with Crippen molar-refractivity contribution in [3.05, 3.63) is 54.6 Å². The van der Waals surface area contributed by atoms with Gasteiger partial charge in [-0.1, -0.05) is 18.2 Å². The molecule has 0 amide bonds. The summed E-state index contributed by atoms with van der Waals surface area (Å²) >= 11 is 0. The zero-order valence-electron chi connectivity index (χ0n) is 8.65. The smallest absolute Gasteiger partial charge is 0.119 e. The third-order valence-corrected chi connectivity index (χ3v) is 2.12. The van der Waals surface area contributed by atoms with Crippen LogP contribution >= 0.6 is 0 Å². The van der Waals surface area contributed by atoms with Crippen LogP contribution in [0.5, 0.6) is 5.75 Å². The second-order valence-electron chi connectivity index (χ2n) is 3.31. The Morgan fingerprint density at radius 3 is 2.50 bits per heavy atom. The van der Waals surface area contributed by atoms with Crippen LogP contribution in [0.25, 0.3) is 0 Å². The van der Waals surface area contributed by atoms with Crippen molar-refractivity contribution < 1.29 is 9.84 Å². The van der Waals surface area contributed by atoms with Crippen molar-refractivity contribution in [3.63, 3.8) is 0 Å². The van der Waals surface area contributed by atoms with Crippen LogP contribution in [-0.4, -0.2) is 21.7 Å². The number of para-hydroxylation sites is 1. The molecule has 1 heterocycles. The Morgan fingerprint density at radius 2 is 1.81 bits per heavy atom. The van der Waals surface area contributed by atoms with Gasteiger partial charge in [0.2, 0.25) is 0 Å². The van der Waals surface area contributed by atoms with Gasteiger partial charge in [-0.15, -0.1) is 0 Å². The summed E-state index contributed by atoms with van der Waals surface area (Å²) in [6.07, 6.45) is 3.87. The van der Waals surface area contributed by atoms with E-state index in [9.17, 15) is 5.11 Å². The maximum atomic E-state index is 9.78. The number of aliphatic hydroxyl groups is 1. The predicted molar refractivity (Wildman–Crippen MR) is 58.9 cm³/mol. The van der Waals surface area contributed by atoms with Gasteiger partial charge in [-0.25, -0.2) is 9.97 Å². The van der Waals surface area contributed by atoms with Crippen LogP contribution in [0, 0.1) is 0 Å². The first kappa shape index (κ1) is 10.6. The number of nitrogens with zero attached hydrogens (tertiary/aromatic N) is 2. The van der Waals surface area contributed by atoms with E-state index in [1.807, 2.05) is 30.3 Å². The van der Waals surface area contributed by atoms with Gasteiger partial charge in [0.15, 0.2) is 0 Å². The summed E-state index contributed by atoms with van der Waals surface area (Å²) < 4.78 is 5.42. The quantitative estimate of drug-likeness (QED) is 0.843. The van der Waals surface area contributed by atoms with E-state index < -0.39 is 6.10 Å². The maximum absolute atomic E-state index is 9.78. The standard InChI is InChI=1S/C12H12N2O2/c15-12(10-6-13-9-14-7-10)8-16-11-4-2-1-3-5-11/h1-7,9,12,15H,8H2. The van der Waals surface area contributed by atoms with Crippen molar-refractivity contribution in [2.75, 3.05) is 6.61 Å². The highest BCUT2D eigenvalue weighted by atomic mass is 16.5. The molecule has 4 nitrogen and oxygen atoms in total. The lowest BCUT2D eigenvalue weighted by Crippen LogP contribution is -2.10. The number of rotatable bonds is 4. The number of aliphatic hydroxyl groups excluding tert-OH is 1. The van der Waals surface area contributed by atoms with E-state index in [4.69, 9.17) is 4.74 Å². The average Bonchev–Trinajstić information content (AvgIpc) is 2.38. The fourth-order valence-corrected chi connectivity index (χ4v) is 1.27. The lowest BCUT2D eigenvalue weighted by atomic mass is 10.2. The van der Waals surface area contributed by atoms with Crippen LogP contribution in [0.4, 0.5) is 0 Å². The third-order valence-electron chi connectivity index (χ3n) is 2.12. The van der Waals surface area contributed by atoms with Crippen molar-refractivity contribution in [2.45, 2.75) is 6.10 Å². The molecule has 0 aliphatic heterocycles. The summed E-state index contributed by atoms with van der Waals surface area (Å²) in [4.78, 5) is 7.67. The first-order valence-corrected chi connectivity index (χ1v) is 4.97. The Labute approximate surface area is 93.6 Å². The van der Waals surface area contributed by atoms with E-state index in [2.05, 4.69) is 9.97 Å². The molecule has 2 rings (SSSR count). The van der Waals surface area contributed by atoms with Crippen molar-refractivity contribution >= 4 is 0 Å². The minimum absolute atomic E-state index is 0.192. The van der Waals surface area contributed by atoms with Gasteiger partial charge in [0, 0.05) is 18.0 Å². The molecule has 0 saturated carbocycles. The molecular formula is C12H12N2O2. The minimum Gasteiger partial charge on any atom is -0.491 e. The Balaban J connectivity index is 1.92. The van der Waals surface area contributed by atoms with Gasteiger partial charge in [-0.05, 0) is 12.1 Å². The Kier molecular flexibility index (Phi) is 3.46. The highest BCUT2D eigenvalue weighted by Crippen LogP contribution is 2.14. The summed E-state index contributed by atoms with van der Waals surface area (Å²) in [5.41, 5.74) is 0.651. The van der Waals surface area contributed by atoms with Gasteiger partial charge in [0.1, 0.15) is 24.8 Å². The largest absolute Gasteiger partial charge is 0.491 e. The van der Waals surface area contributed by atoms with Gasteiger partial charge < -0.3 is 9.84 Å². The van der Waals surface area contributed by atoms with Gasteiger partial charge in [0.25, 0.3) is 0 Å². The summed E-state index contributed by atoms with van der Waals surface area (Å²) in [5.74, 6) is 0.735. The third kappa shape index (κ3) is 2.77. The summed E-state index contributed by atoms with van der Waals surface area (Å²) in [5, 5.41) is 9.78. The predicted octanol–water partition coefficient (Wildman–Crippen LogP) is 1.59. The molecule has 0 radical (unpaired) electrons. The highest BCUT2D eigenvalue weighted by Gasteiger charge is 2.08. The molecular weight excluding hydrogens is 204 g/mol. The molecule has 1 atom stereocenters. The van der Waals surface area contributed by atoms with Gasteiger partial charge >= 0.3 is 0 Å². The molecule has 0 spiro atoms. The second-order valence-corrected chi connectivity index (χ2v) is 3.31. The molecule has 0 saturated heterocycles. The molecule has 82 valence electrons. The lowest BCUT2D eigenvalue weighted by molar-refractivity contribution is 0.107. The molecule has 16 heavy (non-hydrogen) atoms. The van der Waals surface area contributed by atoms with Crippen molar-refractivity contribution in [1.82, 2.24) is 9.97 Å². The number of hydrogen-bond acceptors (Lipinski definition) is 4. The molecule has 0 bridgehead atoms. The van der Waals surface area contributed by atoms with E-state index >= 15 is 0 Å². The van der Waals surface area contributed by atoms with Crippen LogP contribution in [-0.2, 0) is 0 Å². The van der Waals surface area contributed by atoms with E-state index in [0.717, 1.165) is 5.75 Å². The second kappa shape index (κ2) is 5.23. The van der Waals surface area contributed by atoms with Gasteiger partial charge in [0.05, 0.1) is 0 Å².